The van der Waals surface area contributed by atoms with Crippen LogP contribution < -0.4 is 10.6 Å². The zero-order chi connectivity index (χ0) is 14.0. The van der Waals surface area contributed by atoms with E-state index in [2.05, 4.69) is 15.6 Å². The molecule has 2 heterocycles. The maximum atomic E-state index is 12.6. The summed E-state index contributed by atoms with van der Waals surface area (Å²) in [5.41, 5.74) is -0.859. The van der Waals surface area contributed by atoms with E-state index in [0.717, 1.165) is 51.6 Å². The predicted molar refractivity (Wildman–Crippen MR) is 76.3 cm³/mol. The highest BCUT2D eigenvalue weighted by atomic mass is 16.2. The first-order valence-corrected chi connectivity index (χ1v) is 7.87. The van der Waals surface area contributed by atoms with Gasteiger partial charge >= 0.3 is 0 Å². The molecule has 0 radical (unpaired) electrons. The molecule has 0 bridgehead atoms. The van der Waals surface area contributed by atoms with Crippen molar-refractivity contribution in [2.24, 2.45) is 16.3 Å². The van der Waals surface area contributed by atoms with E-state index in [0.29, 0.717) is 18.7 Å². The summed E-state index contributed by atoms with van der Waals surface area (Å²) in [6.45, 7) is 1.81. The monoisotopic (exact) mass is 277 g/mol. The Balaban J connectivity index is 1.81. The zero-order valence-electron chi connectivity index (χ0n) is 11.9. The summed E-state index contributed by atoms with van der Waals surface area (Å²) < 4.78 is 0. The van der Waals surface area contributed by atoms with E-state index in [1.807, 2.05) is 0 Å². The minimum Gasteiger partial charge on any atom is -0.316 e. The van der Waals surface area contributed by atoms with Crippen LogP contribution in [0.3, 0.4) is 0 Å². The van der Waals surface area contributed by atoms with Crippen LogP contribution in [0.5, 0.6) is 0 Å². The lowest BCUT2D eigenvalue weighted by molar-refractivity contribution is -0.142. The third-order valence-electron chi connectivity index (χ3n) is 4.95. The molecule has 2 N–H and O–H groups in total. The largest absolute Gasteiger partial charge is 0.316 e. The summed E-state index contributed by atoms with van der Waals surface area (Å²) in [6.07, 6.45) is 7.53. The Kier molecular flexibility index (Phi) is 3.87. The average molecular weight is 277 g/mol. The van der Waals surface area contributed by atoms with Crippen molar-refractivity contribution in [3.05, 3.63) is 0 Å². The molecule has 2 fully saturated rings. The van der Waals surface area contributed by atoms with Gasteiger partial charge < -0.3 is 10.6 Å². The van der Waals surface area contributed by atoms with Crippen LogP contribution in [0.1, 0.15) is 51.4 Å². The Morgan fingerprint density at radius 3 is 2.40 bits per heavy atom. The van der Waals surface area contributed by atoms with Crippen LogP contribution in [0, 0.1) is 11.3 Å². The van der Waals surface area contributed by atoms with Crippen LogP contribution in [0.25, 0.3) is 0 Å². The van der Waals surface area contributed by atoms with Crippen LogP contribution in [0.15, 0.2) is 4.99 Å². The number of hydrogen-bond acceptors (Lipinski definition) is 3. The van der Waals surface area contributed by atoms with E-state index in [4.69, 9.17) is 0 Å². The second-order valence-corrected chi connectivity index (χ2v) is 6.30. The summed E-state index contributed by atoms with van der Waals surface area (Å²) in [5, 5.41) is 6.25. The molecule has 1 spiro atoms. The predicted octanol–water partition coefficient (Wildman–Crippen LogP) is 1.38. The van der Waals surface area contributed by atoms with Gasteiger partial charge in [-0.2, -0.15) is 4.99 Å². The van der Waals surface area contributed by atoms with Crippen molar-refractivity contribution in [3.63, 3.8) is 0 Å². The average Bonchev–Trinajstić information content (AvgIpc) is 2.73. The van der Waals surface area contributed by atoms with Crippen molar-refractivity contribution in [2.75, 3.05) is 13.1 Å². The van der Waals surface area contributed by atoms with E-state index in [-0.39, 0.29) is 17.7 Å². The van der Waals surface area contributed by atoms with Gasteiger partial charge in [-0.05, 0) is 32.2 Å². The van der Waals surface area contributed by atoms with Crippen molar-refractivity contribution < 1.29 is 9.59 Å². The normalized spacial score (nSPS) is 30.6. The first kappa shape index (κ1) is 13.7. The number of nitrogens with one attached hydrogen (secondary N) is 2. The second kappa shape index (κ2) is 5.64. The smallest absolute Gasteiger partial charge is 0.263 e. The lowest BCUT2D eigenvalue weighted by Crippen LogP contribution is -2.55. The molecule has 0 aromatic carbocycles. The number of nitrogens with zero attached hydrogens (tertiary/aromatic N) is 1. The molecule has 2 amide bonds. The Morgan fingerprint density at radius 1 is 1.05 bits per heavy atom. The summed E-state index contributed by atoms with van der Waals surface area (Å²) >= 11 is 0. The molecule has 3 rings (SSSR count). The summed E-state index contributed by atoms with van der Waals surface area (Å²) in [5.74, 6) is 0.491. The van der Waals surface area contributed by atoms with Gasteiger partial charge in [-0.1, -0.05) is 25.7 Å². The first-order valence-electron chi connectivity index (χ1n) is 7.87. The topological polar surface area (TPSA) is 70.6 Å². The van der Waals surface area contributed by atoms with Gasteiger partial charge in [0, 0.05) is 12.5 Å². The molecule has 1 aliphatic carbocycles. The van der Waals surface area contributed by atoms with Crippen LogP contribution >= 0.6 is 0 Å². The molecular weight excluding hydrogens is 254 g/mol. The Bertz CT molecular complexity index is 430. The molecule has 3 aliphatic rings. The molecule has 20 heavy (non-hydrogen) atoms. The van der Waals surface area contributed by atoms with E-state index < -0.39 is 5.41 Å². The molecule has 5 heteroatoms. The fraction of sp³-hybridized carbons (Fsp3) is 0.800. The Labute approximate surface area is 119 Å². The van der Waals surface area contributed by atoms with Crippen LogP contribution in [-0.4, -0.2) is 30.7 Å². The Morgan fingerprint density at radius 2 is 1.80 bits per heavy atom. The standard InChI is InChI=1S/C15H23N3O2/c19-13-15(7-3-1-2-4-8-15)14(20)18-12(17-13)11-6-5-9-16-10-11/h11,16H,1-10H2,(H,17,18,19,20). The zero-order valence-corrected chi connectivity index (χ0v) is 11.9. The highest BCUT2D eigenvalue weighted by molar-refractivity contribution is 6.19. The van der Waals surface area contributed by atoms with E-state index in [9.17, 15) is 9.59 Å². The fourth-order valence-electron chi connectivity index (χ4n) is 3.63. The molecular formula is C15H23N3O2. The van der Waals surface area contributed by atoms with E-state index in [1.165, 1.54) is 0 Å². The van der Waals surface area contributed by atoms with Crippen molar-refractivity contribution in [1.29, 1.82) is 0 Å². The number of aliphatic imine (C=N–C) groups is 1. The Hall–Kier alpha value is -1.23. The summed E-state index contributed by atoms with van der Waals surface area (Å²) in [7, 11) is 0. The van der Waals surface area contributed by atoms with Gasteiger partial charge in [0.25, 0.3) is 5.91 Å². The van der Waals surface area contributed by atoms with Gasteiger partial charge in [-0.25, -0.2) is 0 Å². The van der Waals surface area contributed by atoms with Crippen LogP contribution in [0.2, 0.25) is 0 Å². The van der Waals surface area contributed by atoms with Crippen LogP contribution in [-0.2, 0) is 9.59 Å². The van der Waals surface area contributed by atoms with Gasteiger partial charge in [-0.15, -0.1) is 0 Å². The van der Waals surface area contributed by atoms with Gasteiger partial charge in [0.15, 0.2) is 0 Å². The SMILES string of the molecule is O=C1N=C(C2CCCNC2)NC(=O)C12CCCCCC2. The molecule has 5 nitrogen and oxygen atoms in total. The van der Waals surface area contributed by atoms with Crippen molar-refractivity contribution in [1.82, 2.24) is 10.6 Å². The third-order valence-corrected chi connectivity index (χ3v) is 4.95. The number of amides is 2. The summed E-state index contributed by atoms with van der Waals surface area (Å²) in [6, 6.07) is 0. The van der Waals surface area contributed by atoms with Crippen molar-refractivity contribution in [3.8, 4) is 0 Å². The van der Waals surface area contributed by atoms with E-state index in [1.54, 1.807) is 0 Å². The van der Waals surface area contributed by atoms with Crippen molar-refractivity contribution >= 4 is 17.6 Å². The van der Waals surface area contributed by atoms with Gasteiger partial charge in [0.1, 0.15) is 11.3 Å². The highest BCUT2D eigenvalue weighted by Gasteiger charge is 2.49. The van der Waals surface area contributed by atoms with E-state index >= 15 is 0 Å². The molecule has 1 atom stereocenters. The third kappa shape index (κ3) is 2.39. The number of amidine groups is 1. The first-order chi connectivity index (χ1) is 9.72. The number of hydrogen-bond donors (Lipinski definition) is 2. The van der Waals surface area contributed by atoms with Gasteiger partial charge in [0.2, 0.25) is 5.91 Å². The lowest BCUT2D eigenvalue weighted by atomic mass is 9.77. The fourth-order valence-corrected chi connectivity index (χ4v) is 3.63. The quantitative estimate of drug-likeness (QED) is 0.711. The maximum absolute atomic E-state index is 12.6. The molecule has 1 unspecified atom stereocenters. The number of piperidine rings is 1. The molecule has 0 aromatic heterocycles. The highest BCUT2D eigenvalue weighted by Crippen LogP contribution is 2.38. The van der Waals surface area contributed by atoms with Crippen LogP contribution in [0.4, 0.5) is 0 Å². The lowest BCUT2D eigenvalue weighted by Gasteiger charge is -2.34. The minimum absolute atomic E-state index is 0.0972. The summed E-state index contributed by atoms with van der Waals surface area (Å²) in [4.78, 5) is 29.4. The van der Waals surface area contributed by atoms with Crippen molar-refractivity contribution in [2.45, 2.75) is 51.4 Å². The number of rotatable bonds is 1. The second-order valence-electron chi connectivity index (χ2n) is 6.30. The molecule has 1 saturated carbocycles. The number of carbonyl (C=O) groups is 2. The minimum atomic E-state index is -0.859. The number of carbonyl (C=O) groups excluding carboxylic acids is 2. The van der Waals surface area contributed by atoms with Gasteiger partial charge in [0.05, 0.1) is 0 Å². The molecule has 2 aliphatic heterocycles. The maximum Gasteiger partial charge on any atom is 0.263 e. The molecule has 0 aromatic rings. The molecule has 110 valence electrons. The van der Waals surface area contributed by atoms with Gasteiger partial charge in [-0.3, -0.25) is 9.59 Å². The molecule has 1 saturated heterocycles.